The molecule has 3 unspecified atom stereocenters. The number of unbranched alkanes of at least 4 members (excludes halogenated alkanes) is 1. The number of fused-ring (bicyclic) bond motifs is 3. The zero-order valence-electron chi connectivity index (χ0n) is 21.3. The van der Waals surface area contributed by atoms with E-state index in [1.807, 2.05) is 6.08 Å². The summed E-state index contributed by atoms with van der Waals surface area (Å²) >= 11 is 0. The molecule has 4 rings (SSSR count). The highest BCUT2D eigenvalue weighted by Gasteiger charge is 2.20. The zero-order valence-corrected chi connectivity index (χ0v) is 15.3. The van der Waals surface area contributed by atoms with E-state index in [9.17, 15) is 0 Å². The van der Waals surface area contributed by atoms with Crippen LogP contribution in [0.1, 0.15) is 72.7 Å². The van der Waals surface area contributed by atoms with Crippen LogP contribution >= 0.6 is 0 Å². The van der Waals surface area contributed by atoms with Crippen molar-refractivity contribution < 1.29 is 12.6 Å². The van der Waals surface area contributed by atoms with E-state index in [-0.39, 0.29) is 11.4 Å². The molecule has 0 bridgehead atoms. The monoisotopic (exact) mass is 354 g/mol. The lowest BCUT2D eigenvalue weighted by molar-refractivity contribution is 0.551. The number of hydrogen-bond donors (Lipinski definition) is 0. The van der Waals surface area contributed by atoms with Gasteiger partial charge in [0.2, 0.25) is 5.71 Å². The van der Waals surface area contributed by atoms with Crippen LogP contribution in [0.3, 0.4) is 0 Å². The van der Waals surface area contributed by atoms with Gasteiger partial charge < -0.3 is 4.42 Å². The van der Waals surface area contributed by atoms with Gasteiger partial charge >= 0.3 is 0 Å². The lowest BCUT2D eigenvalue weighted by Gasteiger charge is -2.20. The van der Waals surface area contributed by atoms with Gasteiger partial charge in [-0.1, -0.05) is 32.8 Å². The largest absolute Gasteiger partial charge is 0.437 e. The molecule has 0 N–H and O–H groups in total. The molecule has 0 aromatic carbocycles. The number of hydrogen-bond acceptors (Lipinski definition) is 3. The van der Waals surface area contributed by atoms with Gasteiger partial charge in [-0.15, -0.1) is 0 Å². The predicted molar refractivity (Wildman–Crippen MR) is 109 cm³/mol. The fourth-order valence-electron chi connectivity index (χ4n) is 3.55. The van der Waals surface area contributed by atoms with Crippen molar-refractivity contribution in [3.63, 3.8) is 0 Å². The summed E-state index contributed by atoms with van der Waals surface area (Å²) in [4.78, 5) is 8.79. The fourth-order valence-corrected chi connectivity index (χ4v) is 3.55. The summed E-state index contributed by atoms with van der Waals surface area (Å²) in [5.41, 5.74) is 2.63. The Labute approximate surface area is 163 Å². The maximum absolute atomic E-state index is 8.75. The highest BCUT2D eigenvalue weighted by Crippen LogP contribution is 2.28. The first-order valence-corrected chi connectivity index (χ1v) is 9.31. The average molecular weight is 355 g/mol. The van der Waals surface area contributed by atoms with Crippen LogP contribution in [-0.4, -0.2) is 10.7 Å². The molecule has 3 atom stereocenters. The van der Waals surface area contributed by atoms with Gasteiger partial charge in [-0.05, 0) is 62.5 Å². The number of furan rings is 1. The molecule has 0 saturated heterocycles. The molecule has 1 aliphatic heterocycles. The third kappa shape index (κ3) is 3.15. The minimum absolute atomic E-state index is 0.0216. The first kappa shape index (κ1) is 11.5. The molecule has 3 heterocycles. The molecule has 2 aromatic rings. The molecule has 0 saturated carbocycles. The van der Waals surface area contributed by atoms with E-state index in [1.54, 1.807) is 19.2 Å². The van der Waals surface area contributed by atoms with Crippen LogP contribution in [-0.2, 0) is 0 Å². The van der Waals surface area contributed by atoms with Crippen molar-refractivity contribution in [3.8, 4) is 0 Å². The molecule has 26 heavy (non-hydrogen) atoms. The molecule has 3 heteroatoms. The summed E-state index contributed by atoms with van der Waals surface area (Å²) in [6.45, 7) is 1.56. The topological polar surface area (TPSA) is 38.4 Å². The smallest absolute Gasteiger partial charge is 0.227 e. The van der Waals surface area contributed by atoms with Crippen molar-refractivity contribution in [3.05, 3.63) is 40.2 Å². The Morgan fingerprint density at radius 1 is 1.38 bits per heavy atom. The first-order chi connectivity index (χ1) is 15.0. The second-order valence-corrected chi connectivity index (χ2v) is 6.93. The van der Waals surface area contributed by atoms with Gasteiger partial charge in [-0.3, -0.25) is 4.99 Å². The number of nitrogens with zero attached hydrogens (tertiary/aromatic N) is 2. The van der Waals surface area contributed by atoms with Gasteiger partial charge in [-0.2, -0.15) is 0 Å². The lowest BCUT2D eigenvalue weighted by atomic mass is 9.88. The highest BCUT2D eigenvalue weighted by atomic mass is 16.3. The van der Waals surface area contributed by atoms with E-state index < -0.39 is 25.5 Å². The Kier molecular flexibility index (Phi) is 3.20. The maximum Gasteiger partial charge on any atom is 0.227 e. The number of pyridine rings is 1. The van der Waals surface area contributed by atoms with E-state index in [0.29, 0.717) is 29.5 Å². The number of aryl methyl sites for hydroxylation is 1. The standard InChI is InChI=1S/C23H28N2O/c1-4-5-7-15(2)17-11-13-21(24-14-17)20-9-6-8-18-19-12-10-16(3)25-23(19)26-22(18)20/h8,10,12,14-15H,4-7,9,11,13H2,1-3H3/i3D3,11D,13D,15D. The van der Waals surface area contributed by atoms with Crippen LogP contribution in [0.2, 0.25) is 0 Å². The van der Waals surface area contributed by atoms with Crippen molar-refractivity contribution in [1.29, 1.82) is 0 Å². The molecule has 136 valence electrons. The minimum atomic E-state index is -2.32. The Hall–Kier alpha value is -2.16. The summed E-state index contributed by atoms with van der Waals surface area (Å²) < 4.78 is 54.9. The zero-order chi connectivity index (χ0) is 23.3. The van der Waals surface area contributed by atoms with Crippen molar-refractivity contribution in [2.24, 2.45) is 10.9 Å². The number of aromatic nitrogens is 1. The Morgan fingerprint density at radius 2 is 2.31 bits per heavy atom. The molecule has 2 aliphatic rings. The Morgan fingerprint density at radius 3 is 3.15 bits per heavy atom. The minimum Gasteiger partial charge on any atom is -0.437 e. The molecule has 3 nitrogen and oxygen atoms in total. The number of rotatable bonds is 5. The number of allylic oxidation sites excluding steroid dienone is 1. The quantitative estimate of drug-likeness (QED) is 0.773. The summed E-state index contributed by atoms with van der Waals surface area (Å²) in [5, 5.41) is 1.57. The van der Waals surface area contributed by atoms with E-state index in [1.165, 1.54) is 6.07 Å². The molecular formula is C23H28N2O. The van der Waals surface area contributed by atoms with Gasteiger partial charge in [0.05, 0.1) is 0 Å². The van der Waals surface area contributed by atoms with Gasteiger partial charge in [0, 0.05) is 42.0 Å². The molecular weight excluding hydrogens is 320 g/mol. The predicted octanol–water partition coefficient (Wildman–Crippen LogP) is 4.81. The van der Waals surface area contributed by atoms with Gasteiger partial charge in [0.15, 0.2) is 0 Å². The van der Waals surface area contributed by atoms with Gasteiger partial charge in [-0.25, -0.2) is 4.98 Å². The first-order valence-electron chi connectivity index (χ1n) is 12.5. The summed E-state index contributed by atoms with van der Waals surface area (Å²) in [6.07, 6.45) is 5.73. The van der Waals surface area contributed by atoms with Crippen LogP contribution in [0.5, 0.6) is 0 Å². The van der Waals surface area contributed by atoms with Crippen molar-refractivity contribution in [1.82, 2.24) is 4.98 Å². The van der Waals surface area contributed by atoms with Gasteiger partial charge in [0.25, 0.3) is 0 Å². The van der Waals surface area contributed by atoms with Crippen molar-refractivity contribution in [2.45, 2.75) is 65.6 Å². The van der Waals surface area contributed by atoms with E-state index in [4.69, 9.17) is 12.6 Å². The molecule has 0 amide bonds. The normalized spacial score (nSPS) is 28.9. The van der Waals surface area contributed by atoms with Crippen molar-refractivity contribution in [2.75, 3.05) is 0 Å². The van der Waals surface area contributed by atoms with Gasteiger partial charge in [0.1, 0.15) is 5.42 Å². The Bertz CT molecular complexity index is 1220. The number of aliphatic imine (C=N–C) groups is 1. The summed E-state index contributed by atoms with van der Waals surface area (Å²) in [5.74, 6) is -0.915. The molecule has 0 fully saturated rings. The summed E-state index contributed by atoms with van der Waals surface area (Å²) in [6, 6.07) is 3.22. The van der Waals surface area contributed by atoms with E-state index >= 15 is 0 Å². The second-order valence-electron chi connectivity index (χ2n) is 6.93. The third-order valence-electron chi connectivity index (χ3n) is 5.08. The van der Waals surface area contributed by atoms with Crippen LogP contribution in [0.15, 0.2) is 33.3 Å². The van der Waals surface area contributed by atoms with E-state index in [2.05, 4.69) is 16.9 Å². The van der Waals surface area contributed by atoms with Crippen LogP contribution in [0.4, 0.5) is 0 Å². The molecule has 0 spiro atoms. The summed E-state index contributed by atoms with van der Waals surface area (Å²) in [7, 11) is 0. The molecule has 1 aliphatic carbocycles. The average Bonchev–Trinajstić information content (AvgIpc) is 3.11. The fraction of sp³-hybridized carbons (Fsp3) is 0.478. The van der Waals surface area contributed by atoms with Crippen molar-refractivity contribution >= 4 is 28.5 Å². The SMILES string of the molecule is [2H]C1C(C([2H])(C)CCCC)=CN=C(C2=c3oc4nc(C([2H])([2H])[2H])ccc4c3=CCC2)C1[2H]. The highest BCUT2D eigenvalue weighted by molar-refractivity contribution is 6.19. The third-order valence-corrected chi connectivity index (χ3v) is 5.08. The van der Waals surface area contributed by atoms with E-state index in [0.717, 1.165) is 35.4 Å². The van der Waals surface area contributed by atoms with Crippen LogP contribution < -0.4 is 10.6 Å². The molecule has 2 aromatic heterocycles. The van der Waals surface area contributed by atoms with Crippen LogP contribution in [0, 0.1) is 12.7 Å². The lowest BCUT2D eigenvalue weighted by Crippen LogP contribution is -2.29. The Balaban J connectivity index is 1.84. The second kappa shape index (κ2) is 7.22. The van der Waals surface area contributed by atoms with Crippen LogP contribution in [0.25, 0.3) is 22.7 Å². The molecule has 0 radical (unpaired) electrons. The maximum atomic E-state index is 8.75.